The Morgan fingerprint density at radius 3 is 2.29 bits per heavy atom. The van der Waals surface area contributed by atoms with Gasteiger partial charge in [0.1, 0.15) is 0 Å². The minimum Gasteiger partial charge on any atom is -0.309 e. The second kappa shape index (κ2) is 6.47. The highest BCUT2D eigenvalue weighted by molar-refractivity contribution is 5.32. The van der Waals surface area contributed by atoms with Gasteiger partial charge in [-0.25, -0.2) is 0 Å². The lowest BCUT2D eigenvalue weighted by Crippen LogP contribution is -2.64. The van der Waals surface area contributed by atoms with Gasteiger partial charge in [-0.05, 0) is 32.4 Å². The third kappa shape index (κ3) is 3.31. The van der Waals surface area contributed by atoms with Crippen LogP contribution in [0.1, 0.15) is 36.1 Å². The van der Waals surface area contributed by atoms with Crippen molar-refractivity contribution in [1.82, 2.24) is 15.1 Å². The van der Waals surface area contributed by atoms with E-state index < -0.39 is 0 Å². The fraction of sp³-hybridized carbons (Fsp3) is 0.667. The molecule has 3 nitrogen and oxygen atoms in total. The standard InChI is InChI=1S/C18H29N3/c1-4-5-19-18(16-11-14(2)10-15(3)12-16)17-13-20-6-8-21(17)9-7-20/h10-12,17-19H,4-9,13H2,1-3H3. The van der Waals surface area contributed by atoms with E-state index in [0.29, 0.717) is 12.1 Å². The van der Waals surface area contributed by atoms with Crippen LogP contribution < -0.4 is 5.32 Å². The number of nitrogens with one attached hydrogen (secondary N) is 1. The molecule has 0 saturated carbocycles. The molecule has 3 saturated heterocycles. The van der Waals surface area contributed by atoms with Crippen molar-refractivity contribution in [2.75, 3.05) is 39.3 Å². The first-order valence-corrected chi connectivity index (χ1v) is 8.45. The predicted octanol–water partition coefficient (Wildman–Crippen LogP) is 2.34. The Morgan fingerprint density at radius 1 is 1.10 bits per heavy atom. The van der Waals surface area contributed by atoms with Gasteiger partial charge in [0.05, 0.1) is 0 Å². The normalized spacial score (nSPS) is 29.6. The van der Waals surface area contributed by atoms with Gasteiger partial charge in [0.2, 0.25) is 0 Å². The number of aryl methyl sites for hydroxylation is 2. The summed E-state index contributed by atoms with van der Waals surface area (Å²) >= 11 is 0. The molecule has 3 aliphatic rings. The summed E-state index contributed by atoms with van der Waals surface area (Å²) in [6.07, 6.45) is 1.19. The van der Waals surface area contributed by atoms with E-state index in [1.165, 1.54) is 55.8 Å². The van der Waals surface area contributed by atoms with Crippen molar-refractivity contribution in [3.05, 3.63) is 34.9 Å². The zero-order valence-corrected chi connectivity index (χ0v) is 13.7. The summed E-state index contributed by atoms with van der Waals surface area (Å²) in [5.74, 6) is 0. The Kier molecular flexibility index (Phi) is 4.63. The summed E-state index contributed by atoms with van der Waals surface area (Å²) in [7, 11) is 0. The van der Waals surface area contributed by atoms with Crippen LogP contribution in [0, 0.1) is 13.8 Å². The number of rotatable bonds is 5. The number of nitrogens with zero attached hydrogens (tertiary/aromatic N) is 2. The Bertz CT molecular complexity index is 457. The molecule has 0 aliphatic carbocycles. The summed E-state index contributed by atoms with van der Waals surface area (Å²) in [6.45, 7) is 14.0. The average molecular weight is 287 g/mol. The third-order valence-corrected chi connectivity index (χ3v) is 4.92. The minimum atomic E-state index is 0.464. The molecule has 1 N–H and O–H groups in total. The van der Waals surface area contributed by atoms with Crippen LogP contribution >= 0.6 is 0 Å². The van der Waals surface area contributed by atoms with E-state index in [9.17, 15) is 0 Å². The van der Waals surface area contributed by atoms with E-state index in [1.807, 2.05) is 0 Å². The van der Waals surface area contributed by atoms with Gasteiger partial charge in [0.15, 0.2) is 0 Å². The maximum absolute atomic E-state index is 3.83. The van der Waals surface area contributed by atoms with Gasteiger partial charge >= 0.3 is 0 Å². The molecular formula is C18H29N3. The molecule has 0 radical (unpaired) electrons. The van der Waals surface area contributed by atoms with Crippen molar-refractivity contribution < 1.29 is 0 Å². The van der Waals surface area contributed by atoms with E-state index >= 15 is 0 Å². The summed E-state index contributed by atoms with van der Waals surface area (Å²) in [4.78, 5) is 5.33. The topological polar surface area (TPSA) is 18.5 Å². The van der Waals surface area contributed by atoms with Crippen LogP contribution in [-0.4, -0.2) is 55.1 Å². The number of hydrogen-bond donors (Lipinski definition) is 1. The molecule has 0 spiro atoms. The van der Waals surface area contributed by atoms with Crippen LogP contribution in [0.25, 0.3) is 0 Å². The van der Waals surface area contributed by atoms with Gasteiger partial charge in [-0.1, -0.05) is 36.2 Å². The van der Waals surface area contributed by atoms with Crippen LogP contribution in [0.2, 0.25) is 0 Å². The second-order valence-corrected chi connectivity index (χ2v) is 6.76. The van der Waals surface area contributed by atoms with Crippen molar-refractivity contribution in [2.24, 2.45) is 0 Å². The zero-order valence-electron chi connectivity index (χ0n) is 13.7. The third-order valence-electron chi connectivity index (χ3n) is 4.92. The van der Waals surface area contributed by atoms with E-state index in [-0.39, 0.29) is 0 Å². The van der Waals surface area contributed by atoms with Crippen molar-refractivity contribution in [3.8, 4) is 0 Å². The number of piperazine rings is 3. The highest BCUT2D eigenvalue weighted by Crippen LogP contribution is 2.28. The highest BCUT2D eigenvalue weighted by Gasteiger charge is 2.37. The number of fused-ring (bicyclic) bond motifs is 3. The van der Waals surface area contributed by atoms with Crippen LogP contribution in [0.3, 0.4) is 0 Å². The van der Waals surface area contributed by atoms with Crippen molar-refractivity contribution in [1.29, 1.82) is 0 Å². The lowest BCUT2D eigenvalue weighted by molar-refractivity contribution is -0.00365. The highest BCUT2D eigenvalue weighted by atomic mass is 15.4. The number of benzene rings is 1. The molecule has 3 heterocycles. The quantitative estimate of drug-likeness (QED) is 0.897. The fourth-order valence-electron chi connectivity index (χ4n) is 3.94. The summed E-state index contributed by atoms with van der Waals surface area (Å²) in [6, 6.07) is 8.11. The molecule has 4 rings (SSSR count). The first-order valence-electron chi connectivity index (χ1n) is 8.45. The molecule has 21 heavy (non-hydrogen) atoms. The maximum Gasteiger partial charge on any atom is 0.0490 e. The maximum atomic E-state index is 3.83. The Morgan fingerprint density at radius 2 is 1.76 bits per heavy atom. The monoisotopic (exact) mass is 287 g/mol. The van der Waals surface area contributed by atoms with E-state index in [0.717, 1.165) is 6.54 Å². The SMILES string of the molecule is CCCNC(c1cc(C)cc(C)c1)C1CN2CCN1CC2. The predicted molar refractivity (Wildman–Crippen MR) is 88.8 cm³/mol. The molecule has 1 aromatic carbocycles. The second-order valence-electron chi connectivity index (χ2n) is 6.76. The molecule has 0 aromatic heterocycles. The zero-order chi connectivity index (χ0) is 14.8. The van der Waals surface area contributed by atoms with Crippen molar-refractivity contribution in [2.45, 2.75) is 39.3 Å². The lowest BCUT2D eigenvalue weighted by atomic mass is 9.92. The lowest BCUT2D eigenvalue weighted by Gasteiger charge is -2.50. The van der Waals surface area contributed by atoms with Gasteiger partial charge in [-0.3, -0.25) is 9.80 Å². The summed E-state index contributed by atoms with van der Waals surface area (Å²) in [5, 5.41) is 3.83. The average Bonchev–Trinajstić information content (AvgIpc) is 2.48. The summed E-state index contributed by atoms with van der Waals surface area (Å²) < 4.78 is 0. The van der Waals surface area contributed by atoms with Gasteiger partial charge in [-0.2, -0.15) is 0 Å². The van der Waals surface area contributed by atoms with Gasteiger partial charge in [-0.15, -0.1) is 0 Å². The van der Waals surface area contributed by atoms with Gasteiger partial charge in [0.25, 0.3) is 0 Å². The molecular weight excluding hydrogens is 258 g/mol. The van der Waals surface area contributed by atoms with E-state index in [1.54, 1.807) is 0 Å². The molecule has 3 heteroatoms. The van der Waals surface area contributed by atoms with Crippen LogP contribution in [-0.2, 0) is 0 Å². The first kappa shape index (κ1) is 15.0. The molecule has 3 aliphatic heterocycles. The van der Waals surface area contributed by atoms with E-state index in [2.05, 4.69) is 54.1 Å². The molecule has 2 bridgehead atoms. The Labute approximate surface area is 129 Å². The summed E-state index contributed by atoms with van der Waals surface area (Å²) in [5.41, 5.74) is 4.23. The Balaban J connectivity index is 1.86. The van der Waals surface area contributed by atoms with Crippen molar-refractivity contribution >= 4 is 0 Å². The van der Waals surface area contributed by atoms with Gasteiger partial charge < -0.3 is 5.32 Å². The molecule has 2 atom stereocenters. The van der Waals surface area contributed by atoms with Crippen molar-refractivity contribution in [3.63, 3.8) is 0 Å². The molecule has 0 amide bonds. The number of hydrogen-bond acceptors (Lipinski definition) is 3. The largest absolute Gasteiger partial charge is 0.309 e. The van der Waals surface area contributed by atoms with E-state index in [4.69, 9.17) is 0 Å². The molecule has 3 fully saturated rings. The van der Waals surface area contributed by atoms with Gasteiger partial charge in [0, 0.05) is 44.8 Å². The fourth-order valence-corrected chi connectivity index (χ4v) is 3.94. The smallest absolute Gasteiger partial charge is 0.0490 e. The molecule has 116 valence electrons. The van der Waals surface area contributed by atoms with Crippen LogP contribution in [0.15, 0.2) is 18.2 Å². The first-order chi connectivity index (χ1) is 10.2. The minimum absolute atomic E-state index is 0.464. The van der Waals surface area contributed by atoms with Crippen LogP contribution in [0.4, 0.5) is 0 Å². The molecule has 1 aromatic rings. The van der Waals surface area contributed by atoms with Crippen LogP contribution in [0.5, 0.6) is 0 Å². The molecule has 2 unspecified atom stereocenters. The Hall–Kier alpha value is -0.900.